The predicted molar refractivity (Wildman–Crippen MR) is 66.9 cm³/mol. The molecule has 0 aromatic carbocycles. The van der Waals surface area contributed by atoms with E-state index in [2.05, 4.69) is 4.74 Å². The molecule has 2 saturated heterocycles. The molecule has 0 bridgehead atoms. The monoisotopic (exact) mass is 289 g/mol. The van der Waals surface area contributed by atoms with Crippen molar-refractivity contribution in [1.82, 2.24) is 4.90 Å². The first kappa shape index (κ1) is 15.0. The summed E-state index contributed by atoms with van der Waals surface area (Å²) in [6.45, 7) is 5.54. The fraction of sp³-hybridized carbons (Fsp3) is 0.846. The third-order valence-corrected chi connectivity index (χ3v) is 3.51. The molecule has 0 aromatic heterocycles. The van der Waals surface area contributed by atoms with Crippen molar-refractivity contribution in [3.63, 3.8) is 0 Å². The summed E-state index contributed by atoms with van der Waals surface area (Å²) in [5, 5.41) is 0. The van der Waals surface area contributed by atoms with E-state index in [0.717, 1.165) is 4.90 Å². The number of amides is 1. The lowest BCUT2D eigenvalue weighted by atomic mass is 10.0. The second-order valence-corrected chi connectivity index (χ2v) is 6.07. The largest absolute Gasteiger partial charge is 0.467 e. The van der Waals surface area contributed by atoms with Crippen LogP contribution in [0.25, 0.3) is 0 Å². The van der Waals surface area contributed by atoms with Crippen molar-refractivity contribution >= 4 is 12.1 Å². The summed E-state index contributed by atoms with van der Waals surface area (Å²) in [5.74, 6) is -1.27. The molecule has 7 heteroatoms. The number of carbonyl (C=O) groups excluding carboxylic acids is 2. The molecular formula is C13H20FNO5. The normalized spacial score (nSPS) is 33.0. The molecule has 114 valence electrons. The first-order valence-corrected chi connectivity index (χ1v) is 6.57. The number of nitrogens with zero attached hydrogens (tertiary/aromatic N) is 1. The number of fused-ring (bicyclic) bond motifs is 1. The Morgan fingerprint density at radius 3 is 2.50 bits per heavy atom. The molecule has 20 heavy (non-hydrogen) atoms. The summed E-state index contributed by atoms with van der Waals surface area (Å²) < 4.78 is 29.5. The molecule has 2 fully saturated rings. The van der Waals surface area contributed by atoms with Gasteiger partial charge >= 0.3 is 12.1 Å². The molecule has 0 spiro atoms. The molecule has 6 nitrogen and oxygen atoms in total. The summed E-state index contributed by atoms with van der Waals surface area (Å²) in [6, 6.07) is -1.74. The number of methoxy groups -OCH3 is 1. The number of alkyl halides is 1. The number of halogens is 1. The summed E-state index contributed by atoms with van der Waals surface area (Å²) in [5.41, 5.74) is -0.721. The van der Waals surface area contributed by atoms with Gasteiger partial charge in [0.05, 0.1) is 26.4 Å². The SMILES string of the molecule is COC(=O)[C@@H]1[C@@H](F)[C@H]2COC[C@H]2N1C(=O)OC(C)(C)C. The van der Waals surface area contributed by atoms with Gasteiger partial charge in [-0.25, -0.2) is 14.0 Å². The lowest BCUT2D eigenvalue weighted by molar-refractivity contribution is -0.148. The predicted octanol–water partition coefficient (Wildman–Crippen LogP) is 1.13. The highest BCUT2D eigenvalue weighted by molar-refractivity contribution is 5.83. The summed E-state index contributed by atoms with van der Waals surface area (Å²) in [4.78, 5) is 25.2. The van der Waals surface area contributed by atoms with Crippen molar-refractivity contribution in [1.29, 1.82) is 0 Å². The zero-order chi connectivity index (χ0) is 15.1. The lowest BCUT2D eigenvalue weighted by Crippen LogP contribution is -2.50. The van der Waals surface area contributed by atoms with Crippen molar-refractivity contribution in [3.05, 3.63) is 0 Å². The first-order chi connectivity index (χ1) is 9.26. The summed E-state index contributed by atoms with van der Waals surface area (Å²) >= 11 is 0. The van der Waals surface area contributed by atoms with E-state index in [1.165, 1.54) is 7.11 Å². The van der Waals surface area contributed by atoms with Gasteiger partial charge in [0.1, 0.15) is 11.8 Å². The Morgan fingerprint density at radius 2 is 1.95 bits per heavy atom. The minimum atomic E-state index is -1.50. The number of hydrogen-bond donors (Lipinski definition) is 0. The van der Waals surface area contributed by atoms with Crippen molar-refractivity contribution in [3.8, 4) is 0 Å². The number of ether oxygens (including phenoxy) is 3. The molecule has 0 aromatic rings. The Kier molecular flexibility index (Phi) is 3.90. The Bertz CT molecular complexity index is 408. The van der Waals surface area contributed by atoms with Gasteiger partial charge in [0.2, 0.25) is 0 Å². The fourth-order valence-corrected chi connectivity index (χ4v) is 2.67. The maximum atomic E-state index is 14.4. The molecule has 1 amide bonds. The molecule has 2 rings (SSSR count). The number of rotatable bonds is 1. The second-order valence-electron chi connectivity index (χ2n) is 6.07. The minimum Gasteiger partial charge on any atom is -0.467 e. The van der Waals surface area contributed by atoms with E-state index >= 15 is 0 Å². The van der Waals surface area contributed by atoms with E-state index in [1.807, 2.05) is 0 Å². The van der Waals surface area contributed by atoms with Gasteiger partial charge in [-0.2, -0.15) is 0 Å². The second kappa shape index (κ2) is 5.20. The maximum Gasteiger partial charge on any atom is 0.411 e. The maximum absolute atomic E-state index is 14.4. The van der Waals surface area contributed by atoms with Crippen LogP contribution in [-0.2, 0) is 19.0 Å². The molecule has 4 atom stereocenters. The highest BCUT2D eigenvalue weighted by Crippen LogP contribution is 2.38. The van der Waals surface area contributed by atoms with Crippen LogP contribution < -0.4 is 0 Å². The fourth-order valence-electron chi connectivity index (χ4n) is 2.67. The van der Waals surface area contributed by atoms with Crippen LogP contribution >= 0.6 is 0 Å². The molecule has 0 aliphatic carbocycles. The molecule has 0 radical (unpaired) electrons. The number of hydrogen-bond acceptors (Lipinski definition) is 5. The van der Waals surface area contributed by atoms with Crippen LogP contribution in [0.5, 0.6) is 0 Å². The van der Waals surface area contributed by atoms with E-state index in [1.54, 1.807) is 20.8 Å². The Hall–Kier alpha value is -1.37. The van der Waals surface area contributed by atoms with Gasteiger partial charge in [-0.1, -0.05) is 0 Å². The number of likely N-dealkylation sites (tertiary alicyclic amines) is 1. The van der Waals surface area contributed by atoms with Gasteiger partial charge in [-0.15, -0.1) is 0 Å². The van der Waals surface area contributed by atoms with Crippen LogP contribution in [0.2, 0.25) is 0 Å². The molecule has 0 N–H and O–H groups in total. The van der Waals surface area contributed by atoms with Gasteiger partial charge in [-0.3, -0.25) is 4.90 Å². The van der Waals surface area contributed by atoms with Crippen molar-refractivity contribution in [2.75, 3.05) is 20.3 Å². The third-order valence-electron chi connectivity index (χ3n) is 3.51. The molecule has 0 unspecified atom stereocenters. The minimum absolute atomic E-state index is 0.193. The van der Waals surface area contributed by atoms with Gasteiger partial charge in [0.15, 0.2) is 6.04 Å². The Morgan fingerprint density at radius 1 is 1.30 bits per heavy atom. The summed E-state index contributed by atoms with van der Waals surface area (Å²) in [6.07, 6.45) is -2.21. The van der Waals surface area contributed by atoms with E-state index < -0.39 is 41.8 Å². The molecular weight excluding hydrogens is 269 g/mol. The van der Waals surface area contributed by atoms with E-state index in [0.29, 0.717) is 0 Å². The van der Waals surface area contributed by atoms with Gasteiger partial charge in [0.25, 0.3) is 0 Å². The average molecular weight is 289 g/mol. The molecule has 2 aliphatic rings. The van der Waals surface area contributed by atoms with Crippen LogP contribution in [0.4, 0.5) is 9.18 Å². The van der Waals surface area contributed by atoms with E-state index in [-0.39, 0.29) is 13.2 Å². The number of esters is 1. The Labute approximate surface area is 117 Å². The Balaban J connectivity index is 2.25. The number of carbonyl (C=O) groups is 2. The highest BCUT2D eigenvalue weighted by atomic mass is 19.1. The molecule has 2 heterocycles. The van der Waals surface area contributed by atoms with Gasteiger partial charge < -0.3 is 14.2 Å². The molecule has 2 aliphatic heterocycles. The van der Waals surface area contributed by atoms with E-state index in [9.17, 15) is 14.0 Å². The van der Waals surface area contributed by atoms with Crippen LogP contribution in [0.3, 0.4) is 0 Å². The van der Waals surface area contributed by atoms with Crippen molar-refractivity contribution in [2.45, 2.75) is 44.6 Å². The topological polar surface area (TPSA) is 65.1 Å². The quantitative estimate of drug-likeness (QED) is 0.677. The van der Waals surface area contributed by atoms with Crippen molar-refractivity contribution < 1.29 is 28.2 Å². The third kappa shape index (κ3) is 2.59. The lowest BCUT2D eigenvalue weighted by Gasteiger charge is -2.30. The zero-order valence-corrected chi connectivity index (χ0v) is 12.1. The van der Waals surface area contributed by atoms with Crippen LogP contribution in [-0.4, -0.2) is 61.1 Å². The van der Waals surface area contributed by atoms with Crippen LogP contribution in [0, 0.1) is 5.92 Å². The smallest absolute Gasteiger partial charge is 0.411 e. The van der Waals surface area contributed by atoms with Gasteiger partial charge in [-0.05, 0) is 20.8 Å². The van der Waals surface area contributed by atoms with Crippen molar-refractivity contribution in [2.24, 2.45) is 5.92 Å². The average Bonchev–Trinajstić information content (AvgIpc) is 2.88. The first-order valence-electron chi connectivity index (χ1n) is 6.57. The standard InChI is InChI=1S/C13H20FNO5/c1-13(2,3)20-12(17)15-8-6-19-5-7(8)9(14)10(15)11(16)18-4/h7-10H,5-6H2,1-4H3/t7-,8+,9-,10-/m0/s1. The summed E-state index contributed by atoms with van der Waals surface area (Å²) in [7, 11) is 1.17. The van der Waals surface area contributed by atoms with Gasteiger partial charge in [0, 0.05) is 5.92 Å². The highest BCUT2D eigenvalue weighted by Gasteiger charge is 2.58. The van der Waals surface area contributed by atoms with Crippen LogP contribution in [0.15, 0.2) is 0 Å². The van der Waals surface area contributed by atoms with E-state index in [4.69, 9.17) is 9.47 Å². The zero-order valence-electron chi connectivity index (χ0n) is 12.1. The van der Waals surface area contributed by atoms with Crippen LogP contribution in [0.1, 0.15) is 20.8 Å². The molecule has 0 saturated carbocycles.